The first kappa shape index (κ1) is 53.4. The van der Waals surface area contributed by atoms with Gasteiger partial charge in [0.05, 0.1) is 6.04 Å². The largest absolute Gasteiger partial charge is 0.480 e. The van der Waals surface area contributed by atoms with Crippen molar-refractivity contribution in [2.24, 2.45) is 0 Å². The number of nitrogens with zero attached hydrogens (tertiary/aromatic N) is 8. The first-order valence-corrected chi connectivity index (χ1v) is 29.1. The SMILES string of the molecule is O=C(O)[C@H](Cc1c[nH]c2ccccc12)NC(=O)[C@@H]1CCCN1C(=O)[C@@H]1CCCN1C(=O)[C@@H]1CCCN1C(=O)[C@@H]1CCCN1C(=O)[C@@H]1CCCN1C(=O)[C@@H]1CCCN1C(=O)[C@@H]1CCCN1C(=O)[C@@H]1CCCN1C(=O)[C@@H]1CCCN1. The van der Waals surface area contributed by atoms with Crippen molar-refractivity contribution in [1.29, 1.82) is 0 Å². The van der Waals surface area contributed by atoms with E-state index in [0.717, 1.165) is 35.9 Å². The smallest absolute Gasteiger partial charge is 0.326 e. The van der Waals surface area contributed by atoms with E-state index in [0.29, 0.717) is 149 Å². The number of carbonyl (C=O) groups is 10. The minimum absolute atomic E-state index is 0.0397. The fourth-order valence-corrected chi connectivity index (χ4v) is 14.7. The van der Waals surface area contributed by atoms with E-state index in [1.807, 2.05) is 24.3 Å². The molecule has 9 amide bonds. The zero-order valence-corrected chi connectivity index (χ0v) is 44.6. The van der Waals surface area contributed by atoms with Crippen LogP contribution in [0.15, 0.2) is 30.5 Å². The molecule has 0 aliphatic carbocycles. The van der Waals surface area contributed by atoms with E-state index >= 15 is 0 Å². The number of hydrogen-bond acceptors (Lipinski definition) is 11. The number of H-pyrrole nitrogens is 1. The molecule has 10 heterocycles. The fraction of sp³-hybridized carbons (Fsp3) is 0.679. The number of nitrogens with one attached hydrogen (secondary N) is 3. The van der Waals surface area contributed by atoms with Gasteiger partial charge in [-0.1, -0.05) is 18.2 Å². The first-order valence-electron chi connectivity index (χ1n) is 29.1. The van der Waals surface area contributed by atoms with Crippen molar-refractivity contribution in [2.45, 2.75) is 182 Å². The number of carboxylic acids is 1. The average Bonchev–Trinajstić information content (AvgIpc) is 4.37. The first-order chi connectivity index (χ1) is 37.8. The van der Waals surface area contributed by atoms with Crippen LogP contribution in [0, 0.1) is 0 Å². The van der Waals surface area contributed by atoms with E-state index in [9.17, 15) is 53.1 Å². The predicted octanol–water partition coefficient (Wildman–Crippen LogP) is 0.960. The van der Waals surface area contributed by atoms with Crippen LogP contribution in [0.3, 0.4) is 0 Å². The van der Waals surface area contributed by atoms with Crippen LogP contribution in [0.4, 0.5) is 0 Å². The van der Waals surface area contributed by atoms with Crippen molar-refractivity contribution < 1.29 is 53.1 Å². The third kappa shape index (κ3) is 9.98. The Morgan fingerprint density at radius 3 is 1.13 bits per heavy atom. The summed E-state index contributed by atoms with van der Waals surface area (Å²) in [6.45, 7) is 3.54. The summed E-state index contributed by atoms with van der Waals surface area (Å²) in [5.74, 6) is -4.00. The van der Waals surface area contributed by atoms with E-state index in [1.54, 1.807) is 40.5 Å². The number of carbonyl (C=O) groups excluding carboxylic acids is 9. The Kier molecular flexibility index (Phi) is 15.5. The Morgan fingerprint density at radius 2 is 0.782 bits per heavy atom. The van der Waals surface area contributed by atoms with Crippen LogP contribution in [0.5, 0.6) is 0 Å². The minimum atomic E-state index is -1.24. The normalized spacial score (nSPS) is 29.6. The molecule has 22 heteroatoms. The van der Waals surface area contributed by atoms with Gasteiger partial charge < -0.3 is 59.9 Å². The van der Waals surface area contributed by atoms with Gasteiger partial charge in [0.1, 0.15) is 54.4 Å². The lowest BCUT2D eigenvalue weighted by Crippen LogP contribution is -2.59. The molecule has 0 unspecified atom stereocenters. The number of aromatic nitrogens is 1. The topological polar surface area (TPSA) is 257 Å². The van der Waals surface area contributed by atoms with Crippen LogP contribution < -0.4 is 10.6 Å². The lowest BCUT2D eigenvalue weighted by molar-refractivity contribution is -0.155. The van der Waals surface area contributed by atoms with Crippen LogP contribution in [-0.4, -0.2) is 228 Å². The maximum atomic E-state index is 14.7. The number of fused-ring (bicyclic) bond motifs is 1. The van der Waals surface area contributed by atoms with Crippen LogP contribution in [0.25, 0.3) is 10.9 Å². The van der Waals surface area contributed by atoms with Gasteiger partial charge in [-0.15, -0.1) is 0 Å². The number of likely N-dealkylation sites (tertiary alicyclic amines) is 8. The van der Waals surface area contributed by atoms with Gasteiger partial charge in [-0.3, -0.25) is 43.2 Å². The van der Waals surface area contributed by atoms with Crippen LogP contribution >= 0.6 is 0 Å². The van der Waals surface area contributed by atoms with Crippen LogP contribution in [0.2, 0.25) is 0 Å². The van der Waals surface area contributed by atoms with Gasteiger partial charge >= 0.3 is 5.97 Å². The van der Waals surface area contributed by atoms with Crippen molar-refractivity contribution >= 4 is 70.0 Å². The maximum absolute atomic E-state index is 14.7. The molecule has 0 spiro atoms. The van der Waals surface area contributed by atoms with Gasteiger partial charge in [-0.05, 0) is 134 Å². The van der Waals surface area contributed by atoms with Crippen molar-refractivity contribution in [3.05, 3.63) is 36.0 Å². The molecule has 11 rings (SSSR count). The Labute approximate surface area is 453 Å². The molecule has 1 aromatic carbocycles. The van der Waals surface area contributed by atoms with E-state index in [4.69, 9.17) is 0 Å². The molecule has 420 valence electrons. The Hall–Kier alpha value is -6.58. The molecule has 1 aromatic heterocycles. The second-order valence-electron chi connectivity index (χ2n) is 23.1. The van der Waals surface area contributed by atoms with E-state index in [1.165, 1.54) is 4.90 Å². The molecule has 0 radical (unpaired) electrons. The monoisotopic (exact) mass is 1080 g/mol. The molecule has 9 saturated heterocycles. The lowest BCUT2D eigenvalue weighted by atomic mass is 10.0. The molecule has 2 aromatic rings. The summed E-state index contributed by atoms with van der Waals surface area (Å²) in [6.07, 6.45) is 11.5. The quantitative estimate of drug-likeness (QED) is 0.219. The maximum Gasteiger partial charge on any atom is 0.326 e. The molecular formula is C56H75N11O11. The Balaban J connectivity index is 0.710. The van der Waals surface area contributed by atoms with Gasteiger partial charge in [-0.2, -0.15) is 0 Å². The molecule has 4 N–H and O–H groups in total. The number of aliphatic carboxylic acids is 1. The third-order valence-corrected chi connectivity index (χ3v) is 18.7. The highest BCUT2D eigenvalue weighted by atomic mass is 16.4. The number of para-hydroxylation sites is 1. The molecule has 9 fully saturated rings. The zero-order valence-electron chi connectivity index (χ0n) is 44.6. The van der Waals surface area contributed by atoms with Gasteiger partial charge in [0.2, 0.25) is 53.2 Å². The van der Waals surface area contributed by atoms with Crippen molar-refractivity contribution in [3.8, 4) is 0 Å². The summed E-state index contributed by atoms with van der Waals surface area (Å²) < 4.78 is 0. The van der Waals surface area contributed by atoms with E-state index in [-0.39, 0.29) is 66.3 Å². The Morgan fingerprint density at radius 1 is 0.449 bits per heavy atom. The standard InChI is InChI=1S/C56H75N11O11/c68-47(59-38(56(77)78)32-34-33-58-36-13-2-1-12-35(34)36)39-15-4-24-60(39)49(70)41-17-6-26-62(41)51(72)43-19-8-28-64(43)53(74)45-21-10-30-66(45)55(76)46-22-11-31-67(46)54(75)44-20-9-29-65(44)52(73)42-18-7-27-63(42)50(71)40-16-5-25-61(40)48(69)37-14-3-23-57-37/h1-2,12-13,33,37-46,57-58H,3-11,14-32H2,(H,59,68)(H,77,78)/t37-,38-,39-,40-,41-,42-,43-,44-,45-,46-/m0/s1. The number of amides is 9. The molecule has 9 aliphatic heterocycles. The second-order valence-corrected chi connectivity index (χ2v) is 23.1. The molecular weight excluding hydrogens is 1000 g/mol. The van der Waals surface area contributed by atoms with Crippen molar-refractivity contribution in [2.75, 3.05) is 58.9 Å². The summed E-state index contributed by atoms with van der Waals surface area (Å²) in [6, 6.07) is -0.468. The molecule has 78 heavy (non-hydrogen) atoms. The lowest BCUT2D eigenvalue weighted by Gasteiger charge is -2.37. The second kappa shape index (κ2) is 22.6. The van der Waals surface area contributed by atoms with Crippen molar-refractivity contribution in [1.82, 2.24) is 54.8 Å². The molecule has 22 nitrogen and oxygen atoms in total. The third-order valence-electron chi connectivity index (χ3n) is 18.7. The van der Waals surface area contributed by atoms with Gasteiger partial charge in [0.25, 0.3) is 0 Å². The number of hydrogen-bond donors (Lipinski definition) is 4. The Bertz CT molecular complexity index is 2710. The predicted molar refractivity (Wildman–Crippen MR) is 280 cm³/mol. The highest BCUT2D eigenvalue weighted by Gasteiger charge is 2.52. The van der Waals surface area contributed by atoms with Crippen LogP contribution in [-0.2, 0) is 54.4 Å². The molecule has 0 saturated carbocycles. The van der Waals surface area contributed by atoms with Gasteiger partial charge in [-0.25, -0.2) is 4.79 Å². The molecule has 10 atom stereocenters. The number of aromatic amines is 1. The highest BCUT2D eigenvalue weighted by Crippen LogP contribution is 2.35. The van der Waals surface area contributed by atoms with Gasteiger partial charge in [0.15, 0.2) is 0 Å². The fourth-order valence-electron chi connectivity index (χ4n) is 14.7. The minimum Gasteiger partial charge on any atom is -0.480 e. The molecule has 0 bridgehead atoms. The van der Waals surface area contributed by atoms with Gasteiger partial charge in [0, 0.05) is 75.9 Å². The highest BCUT2D eigenvalue weighted by molar-refractivity contribution is 6.00. The summed E-state index contributed by atoms with van der Waals surface area (Å²) in [5, 5.41) is 17.0. The molecule has 9 aliphatic rings. The summed E-state index contributed by atoms with van der Waals surface area (Å²) in [5.41, 5.74) is 1.59. The average molecular weight is 1080 g/mol. The number of rotatable bonds is 13. The van der Waals surface area contributed by atoms with E-state index in [2.05, 4.69) is 15.6 Å². The van der Waals surface area contributed by atoms with Crippen LogP contribution in [0.1, 0.15) is 121 Å². The summed E-state index contributed by atoms with van der Waals surface area (Å²) in [7, 11) is 0. The summed E-state index contributed by atoms with van der Waals surface area (Å²) >= 11 is 0. The number of benzene rings is 1. The summed E-state index contributed by atoms with van der Waals surface area (Å²) in [4.78, 5) is 157. The van der Waals surface area contributed by atoms with Crippen molar-refractivity contribution in [3.63, 3.8) is 0 Å². The van der Waals surface area contributed by atoms with E-state index < -0.39 is 66.3 Å². The number of carboxylic acid groups (broad SMARTS) is 1. The zero-order chi connectivity index (χ0) is 54.4.